The molecule has 12 heavy (non-hydrogen) atoms. The number of hydrogen-bond donors (Lipinski definition) is 2. The highest BCUT2D eigenvalue weighted by molar-refractivity contribution is 4.91. The van der Waals surface area contributed by atoms with E-state index >= 15 is 0 Å². The predicted octanol–water partition coefficient (Wildman–Crippen LogP) is 0.549. The Hall–Kier alpha value is -0.380. The summed E-state index contributed by atoms with van der Waals surface area (Å²) in [5.41, 5.74) is 1.09. The van der Waals surface area contributed by atoms with Crippen molar-refractivity contribution in [2.24, 2.45) is 0 Å². The molecular formula is C9H19NO2. The van der Waals surface area contributed by atoms with Crippen molar-refractivity contribution >= 4 is 0 Å². The number of nitrogens with one attached hydrogen (secondary N) is 1. The van der Waals surface area contributed by atoms with Gasteiger partial charge in [-0.05, 0) is 13.3 Å². The third kappa shape index (κ3) is 6.34. The smallest absolute Gasteiger partial charge is 0.0616 e. The van der Waals surface area contributed by atoms with Gasteiger partial charge in [0.1, 0.15) is 0 Å². The molecule has 0 saturated carbocycles. The third-order valence-electron chi connectivity index (χ3n) is 1.54. The number of aliphatic hydroxyl groups excluding tert-OH is 1. The summed E-state index contributed by atoms with van der Waals surface area (Å²) in [6, 6.07) is 0.233. The van der Waals surface area contributed by atoms with Gasteiger partial charge in [-0.1, -0.05) is 12.2 Å². The predicted molar refractivity (Wildman–Crippen MR) is 50.2 cm³/mol. The Morgan fingerprint density at radius 1 is 1.67 bits per heavy atom. The Morgan fingerprint density at radius 2 is 2.33 bits per heavy atom. The molecule has 0 radical (unpaired) electrons. The van der Waals surface area contributed by atoms with Gasteiger partial charge in [-0.15, -0.1) is 0 Å². The molecule has 0 bridgehead atoms. The molecule has 0 amide bonds. The van der Waals surface area contributed by atoms with E-state index in [9.17, 15) is 0 Å². The molecular weight excluding hydrogens is 154 g/mol. The van der Waals surface area contributed by atoms with Crippen LogP contribution in [-0.4, -0.2) is 38.0 Å². The van der Waals surface area contributed by atoms with Crippen LogP contribution in [0, 0.1) is 0 Å². The lowest BCUT2D eigenvalue weighted by atomic mass is 10.2. The zero-order valence-electron chi connectivity index (χ0n) is 7.97. The summed E-state index contributed by atoms with van der Waals surface area (Å²) in [4.78, 5) is 0. The number of hydrogen-bond acceptors (Lipinski definition) is 3. The van der Waals surface area contributed by atoms with Crippen molar-refractivity contribution in [3.63, 3.8) is 0 Å². The van der Waals surface area contributed by atoms with Gasteiger partial charge in [0.05, 0.1) is 6.61 Å². The molecule has 0 aromatic rings. The van der Waals surface area contributed by atoms with Gasteiger partial charge in [0.25, 0.3) is 0 Å². The second kappa shape index (κ2) is 7.28. The number of rotatable bonds is 7. The molecule has 0 aliphatic heterocycles. The molecule has 3 heteroatoms. The van der Waals surface area contributed by atoms with E-state index in [4.69, 9.17) is 9.84 Å². The van der Waals surface area contributed by atoms with Gasteiger partial charge in [0.2, 0.25) is 0 Å². The fourth-order valence-corrected chi connectivity index (χ4v) is 0.920. The van der Waals surface area contributed by atoms with Gasteiger partial charge in [-0.25, -0.2) is 0 Å². The molecule has 0 spiro atoms. The maximum Gasteiger partial charge on any atom is 0.0616 e. The van der Waals surface area contributed by atoms with Crippen LogP contribution in [-0.2, 0) is 4.74 Å². The molecule has 0 aliphatic rings. The van der Waals surface area contributed by atoms with Gasteiger partial charge < -0.3 is 15.2 Å². The lowest BCUT2D eigenvalue weighted by molar-refractivity contribution is 0.150. The zero-order chi connectivity index (χ0) is 9.40. The monoisotopic (exact) mass is 173 g/mol. The molecule has 72 valence electrons. The molecule has 0 fully saturated rings. The Kier molecular flexibility index (Phi) is 7.05. The minimum absolute atomic E-state index is 0.192. The topological polar surface area (TPSA) is 41.5 Å². The summed E-state index contributed by atoms with van der Waals surface area (Å²) in [7, 11) is 1.66. The van der Waals surface area contributed by atoms with Crippen LogP contribution in [0.3, 0.4) is 0 Å². The fourth-order valence-electron chi connectivity index (χ4n) is 0.920. The van der Waals surface area contributed by atoms with Crippen molar-refractivity contribution in [3.8, 4) is 0 Å². The highest BCUT2D eigenvalue weighted by Gasteiger charge is 2.05. The van der Waals surface area contributed by atoms with E-state index in [1.807, 2.05) is 6.92 Å². The van der Waals surface area contributed by atoms with Gasteiger partial charge in [-0.3, -0.25) is 0 Å². The second-order valence-electron chi connectivity index (χ2n) is 3.00. The quantitative estimate of drug-likeness (QED) is 0.552. The number of aliphatic hydroxyl groups is 1. The van der Waals surface area contributed by atoms with Gasteiger partial charge in [-0.2, -0.15) is 0 Å². The van der Waals surface area contributed by atoms with E-state index in [0.717, 1.165) is 18.5 Å². The van der Waals surface area contributed by atoms with Crippen molar-refractivity contribution in [2.75, 3.05) is 26.9 Å². The third-order valence-corrected chi connectivity index (χ3v) is 1.54. The summed E-state index contributed by atoms with van der Waals surface area (Å²) < 4.78 is 4.99. The van der Waals surface area contributed by atoms with Gasteiger partial charge in [0.15, 0.2) is 0 Å². The Balaban J connectivity index is 3.54. The highest BCUT2D eigenvalue weighted by atomic mass is 16.5. The molecule has 0 heterocycles. The van der Waals surface area contributed by atoms with Crippen molar-refractivity contribution in [3.05, 3.63) is 12.2 Å². The first-order valence-electron chi connectivity index (χ1n) is 4.18. The second-order valence-corrected chi connectivity index (χ2v) is 3.00. The van der Waals surface area contributed by atoms with Crippen molar-refractivity contribution in [1.82, 2.24) is 5.32 Å². The van der Waals surface area contributed by atoms with Crippen molar-refractivity contribution in [2.45, 2.75) is 19.4 Å². The number of ether oxygens (including phenoxy) is 1. The van der Waals surface area contributed by atoms with E-state index in [-0.39, 0.29) is 12.6 Å². The Labute approximate surface area is 74.4 Å². The Bertz CT molecular complexity index is 120. The van der Waals surface area contributed by atoms with E-state index in [1.54, 1.807) is 7.11 Å². The summed E-state index contributed by atoms with van der Waals surface area (Å²) in [5, 5.41) is 11.9. The van der Waals surface area contributed by atoms with Crippen LogP contribution in [0.1, 0.15) is 13.3 Å². The van der Waals surface area contributed by atoms with Gasteiger partial charge in [0, 0.05) is 26.3 Å². The standard InChI is InChI=1S/C9H19NO2/c1-8(2)6-10-9(4-5-11)7-12-3/h9-11H,1,4-7H2,2-3H3. The lowest BCUT2D eigenvalue weighted by Gasteiger charge is -2.16. The Morgan fingerprint density at radius 3 is 2.75 bits per heavy atom. The first-order valence-corrected chi connectivity index (χ1v) is 4.18. The molecule has 0 aromatic carbocycles. The maximum atomic E-state index is 8.71. The highest BCUT2D eigenvalue weighted by Crippen LogP contribution is 1.93. The molecule has 3 nitrogen and oxygen atoms in total. The van der Waals surface area contributed by atoms with Crippen LogP contribution < -0.4 is 5.32 Å². The van der Waals surface area contributed by atoms with Crippen LogP contribution in [0.15, 0.2) is 12.2 Å². The normalized spacial score (nSPS) is 12.9. The molecule has 0 aromatic heterocycles. The fraction of sp³-hybridized carbons (Fsp3) is 0.778. The summed E-state index contributed by atoms with van der Waals surface area (Å²) in [6.45, 7) is 7.36. The first kappa shape index (κ1) is 11.6. The maximum absolute atomic E-state index is 8.71. The van der Waals surface area contributed by atoms with Crippen LogP contribution in [0.4, 0.5) is 0 Å². The van der Waals surface area contributed by atoms with Crippen LogP contribution >= 0.6 is 0 Å². The average Bonchev–Trinajstić information content (AvgIpc) is 2.01. The van der Waals surface area contributed by atoms with Crippen LogP contribution in [0.5, 0.6) is 0 Å². The molecule has 1 unspecified atom stereocenters. The van der Waals surface area contributed by atoms with Crippen molar-refractivity contribution in [1.29, 1.82) is 0 Å². The minimum Gasteiger partial charge on any atom is -0.396 e. The molecule has 2 N–H and O–H groups in total. The van der Waals surface area contributed by atoms with E-state index in [1.165, 1.54) is 0 Å². The molecule has 0 saturated heterocycles. The molecule has 0 aliphatic carbocycles. The summed E-state index contributed by atoms with van der Waals surface area (Å²) in [5.74, 6) is 0. The average molecular weight is 173 g/mol. The minimum atomic E-state index is 0.192. The van der Waals surface area contributed by atoms with E-state index < -0.39 is 0 Å². The van der Waals surface area contributed by atoms with Crippen LogP contribution in [0.2, 0.25) is 0 Å². The first-order chi connectivity index (χ1) is 5.70. The molecule has 1 atom stereocenters. The van der Waals surface area contributed by atoms with E-state index in [2.05, 4.69) is 11.9 Å². The van der Waals surface area contributed by atoms with Gasteiger partial charge >= 0.3 is 0 Å². The molecule has 0 rings (SSSR count). The largest absolute Gasteiger partial charge is 0.396 e. The van der Waals surface area contributed by atoms with E-state index in [0.29, 0.717) is 6.61 Å². The summed E-state index contributed by atoms with van der Waals surface area (Å²) >= 11 is 0. The number of methoxy groups -OCH3 is 1. The zero-order valence-corrected chi connectivity index (χ0v) is 7.97. The van der Waals surface area contributed by atoms with Crippen molar-refractivity contribution < 1.29 is 9.84 Å². The SMILES string of the molecule is C=C(C)CNC(CCO)COC. The lowest BCUT2D eigenvalue weighted by Crippen LogP contribution is -2.35. The summed E-state index contributed by atoms with van der Waals surface area (Å²) in [6.07, 6.45) is 0.723. The van der Waals surface area contributed by atoms with Crippen LogP contribution in [0.25, 0.3) is 0 Å².